The van der Waals surface area contributed by atoms with Crippen LogP contribution >= 0.6 is 0 Å². The lowest BCUT2D eigenvalue weighted by Crippen LogP contribution is -2.42. The lowest BCUT2D eigenvalue weighted by atomic mass is 9.85. The first kappa shape index (κ1) is 20.0. The molecule has 2 aromatic rings. The molecule has 2 fully saturated rings. The van der Waals surface area contributed by atoms with Crippen LogP contribution in [0.15, 0.2) is 28.7 Å². The molecule has 156 valence electrons. The summed E-state index contributed by atoms with van der Waals surface area (Å²) in [4.78, 5) is 25.2. The highest BCUT2D eigenvalue weighted by atomic mass is 16.5. The average molecular weight is 399 g/mol. The van der Waals surface area contributed by atoms with Crippen LogP contribution in [0.25, 0.3) is 11.0 Å². The van der Waals surface area contributed by atoms with Crippen molar-refractivity contribution in [2.75, 3.05) is 19.8 Å². The Bertz CT molecular complexity index is 869. The minimum absolute atomic E-state index is 0.0816. The van der Waals surface area contributed by atoms with Crippen LogP contribution in [0.5, 0.6) is 0 Å². The molecule has 1 saturated carbocycles. The van der Waals surface area contributed by atoms with Crippen LogP contribution in [-0.2, 0) is 9.53 Å². The van der Waals surface area contributed by atoms with E-state index in [2.05, 4.69) is 10.6 Å². The lowest BCUT2D eigenvalue weighted by Gasteiger charge is -2.30. The van der Waals surface area contributed by atoms with Crippen LogP contribution in [0.2, 0.25) is 0 Å². The van der Waals surface area contributed by atoms with Crippen molar-refractivity contribution in [1.29, 1.82) is 0 Å². The normalized spacial score (nSPS) is 23.1. The van der Waals surface area contributed by atoms with Gasteiger partial charge in [0, 0.05) is 37.1 Å². The van der Waals surface area contributed by atoms with Gasteiger partial charge in [0.2, 0.25) is 5.91 Å². The summed E-state index contributed by atoms with van der Waals surface area (Å²) in [5, 5.41) is 7.27. The van der Waals surface area contributed by atoms with Gasteiger partial charge in [-0.15, -0.1) is 0 Å². The second-order valence-electron chi connectivity index (χ2n) is 8.42. The van der Waals surface area contributed by atoms with Crippen molar-refractivity contribution in [1.82, 2.24) is 10.6 Å². The number of ether oxygens (including phenoxy) is 1. The first-order valence-corrected chi connectivity index (χ1v) is 10.8. The fraction of sp³-hybridized carbons (Fsp3) is 0.565. The molecule has 1 saturated heterocycles. The summed E-state index contributed by atoms with van der Waals surface area (Å²) >= 11 is 0. The van der Waals surface area contributed by atoms with E-state index in [0.29, 0.717) is 36.8 Å². The zero-order valence-electron chi connectivity index (χ0n) is 17.0. The number of fused-ring (bicyclic) bond motifs is 1. The van der Waals surface area contributed by atoms with E-state index >= 15 is 0 Å². The molecule has 1 aliphatic carbocycles. The van der Waals surface area contributed by atoms with Gasteiger partial charge in [-0.3, -0.25) is 9.59 Å². The first-order chi connectivity index (χ1) is 14.1. The maximum Gasteiger partial charge on any atom is 0.255 e. The Morgan fingerprint density at radius 1 is 1.14 bits per heavy atom. The van der Waals surface area contributed by atoms with E-state index in [1.54, 1.807) is 0 Å². The number of para-hydroxylation sites is 1. The monoisotopic (exact) mass is 398 g/mol. The smallest absolute Gasteiger partial charge is 0.255 e. The summed E-state index contributed by atoms with van der Waals surface area (Å²) in [7, 11) is 0. The molecule has 0 bridgehead atoms. The molecule has 0 unspecified atom stereocenters. The zero-order valence-corrected chi connectivity index (χ0v) is 17.0. The van der Waals surface area contributed by atoms with Crippen molar-refractivity contribution in [2.45, 2.75) is 51.5 Å². The molecule has 0 spiro atoms. The van der Waals surface area contributed by atoms with Gasteiger partial charge in [-0.25, -0.2) is 0 Å². The predicted octanol–water partition coefficient (Wildman–Crippen LogP) is 3.57. The molecule has 1 aromatic heterocycles. The Morgan fingerprint density at radius 2 is 1.97 bits per heavy atom. The highest BCUT2D eigenvalue weighted by molar-refractivity contribution is 6.05. The molecule has 2 heterocycles. The Hall–Kier alpha value is -2.34. The number of benzene rings is 1. The Labute approximate surface area is 171 Å². The number of aryl methyl sites for hydroxylation is 1. The standard InChI is InChI=1S/C23H30N2O4/c1-15-12-18-5-3-7-20(21(18)29-15)23(27)25-19-6-2-4-16(13-19)14-24-22(26)17-8-10-28-11-9-17/h3,5,7,12,16-17,19H,2,4,6,8-11,13-14H2,1H3,(H,24,26)(H,25,27)/t16-,19+/m1/s1. The molecule has 0 radical (unpaired) electrons. The number of nitrogens with one attached hydrogen (secondary N) is 2. The minimum atomic E-state index is -0.0816. The van der Waals surface area contributed by atoms with Gasteiger partial charge in [0.25, 0.3) is 5.91 Å². The van der Waals surface area contributed by atoms with Crippen LogP contribution in [-0.4, -0.2) is 37.6 Å². The number of furan rings is 1. The summed E-state index contributed by atoms with van der Waals surface area (Å²) in [6.07, 6.45) is 5.65. The lowest BCUT2D eigenvalue weighted by molar-refractivity contribution is -0.128. The van der Waals surface area contributed by atoms with Crippen LogP contribution in [0.3, 0.4) is 0 Å². The van der Waals surface area contributed by atoms with E-state index in [1.807, 2.05) is 31.2 Å². The fourth-order valence-electron chi connectivity index (χ4n) is 4.59. The largest absolute Gasteiger partial charge is 0.461 e. The third kappa shape index (κ3) is 4.81. The maximum atomic E-state index is 12.9. The van der Waals surface area contributed by atoms with E-state index in [9.17, 15) is 9.59 Å². The van der Waals surface area contributed by atoms with Crippen LogP contribution in [0.1, 0.15) is 54.6 Å². The van der Waals surface area contributed by atoms with Gasteiger partial charge in [-0.1, -0.05) is 18.6 Å². The van der Waals surface area contributed by atoms with Gasteiger partial charge in [0.15, 0.2) is 0 Å². The quantitative estimate of drug-likeness (QED) is 0.807. The molecule has 29 heavy (non-hydrogen) atoms. The van der Waals surface area contributed by atoms with Gasteiger partial charge >= 0.3 is 0 Å². The van der Waals surface area contributed by atoms with Crippen LogP contribution in [0.4, 0.5) is 0 Å². The van der Waals surface area contributed by atoms with Crippen molar-refractivity contribution in [2.24, 2.45) is 11.8 Å². The summed E-state index contributed by atoms with van der Waals surface area (Å²) in [5.74, 6) is 1.36. The molecular weight excluding hydrogens is 368 g/mol. The Morgan fingerprint density at radius 3 is 2.79 bits per heavy atom. The number of amides is 2. The maximum absolute atomic E-state index is 12.9. The van der Waals surface area contributed by atoms with Gasteiger partial charge in [0.1, 0.15) is 11.3 Å². The number of rotatable bonds is 5. The summed E-state index contributed by atoms with van der Waals surface area (Å²) in [6, 6.07) is 7.74. The molecular formula is C23H30N2O4. The van der Waals surface area contributed by atoms with E-state index in [0.717, 1.165) is 49.7 Å². The third-order valence-electron chi connectivity index (χ3n) is 6.19. The van der Waals surface area contributed by atoms with E-state index in [1.165, 1.54) is 0 Å². The number of carbonyl (C=O) groups is 2. The minimum Gasteiger partial charge on any atom is -0.461 e. The molecule has 6 nitrogen and oxygen atoms in total. The summed E-state index contributed by atoms with van der Waals surface area (Å²) < 4.78 is 11.1. The average Bonchev–Trinajstić information content (AvgIpc) is 3.13. The van der Waals surface area contributed by atoms with E-state index in [4.69, 9.17) is 9.15 Å². The molecule has 4 rings (SSSR count). The molecule has 2 N–H and O–H groups in total. The first-order valence-electron chi connectivity index (χ1n) is 10.8. The second kappa shape index (κ2) is 8.99. The Balaban J connectivity index is 1.31. The van der Waals surface area contributed by atoms with Crippen molar-refractivity contribution in [3.05, 3.63) is 35.6 Å². The molecule has 1 aromatic carbocycles. The highest BCUT2D eigenvalue weighted by Crippen LogP contribution is 2.26. The van der Waals surface area contributed by atoms with Crippen LogP contribution in [0, 0.1) is 18.8 Å². The predicted molar refractivity (Wildman–Crippen MR) is 111 cm³/mol. The molecule has 2 aliphatic rings. The topological polar surface area (TPSA) is 80.6 Å². The van der Waals surface area contributed by atoms with Gasteiger partial charge in [0.05, 0.1) is 5.56 Å². The van der Waals surface area contributed by atoms with Gasteiger partial charge in [-0.2, -0.15) is 0 Å². The van der Waals surface area contributed by atoms with E-state index in [-0.39, 0.29) is 23.8 Å². The summed E-state index contributed by atoms with van der Waals surface area (Å²) in [5.41, 5.74) is 1.24. The van der Waals surface area contributed by atoms with Crippen molar-refractivity contribution < 1.29 is 18.7 Å². The second-order valence-corrected chi connectivity index (χ2v) is 8.42. The Kier molecular flexibility index (Phi) is 6.19. The molecule has 1 aliphatic heterocycles. The zero-order chi connectivity index (χ0) is 20.2. The third-order valence-corrected chi connectivity index (χ3v) is 6.19. The molecule has 2 amide bonds. The van der Waals surface area contributed by atoms with Crippen molar-refractivity contribution >= 4 is 22.8 Å². The van der Waals surface area contributed by atoms with Crippen molar-refractivity contribution in [3.8, 4) is 0 Å². The number of hydrogen-bond donors (Lipinski definition) is 2. The molecule has 2 atom stereocenters. The molecule has 6 heteroatoms. The highest BCUT2D eigenvalue weighted by Gasteiger charge is 2.27. The fourth-order valence-corrected chi connectivity index (χ4v) is 4.59. The number of carbonyl (C=O) groups excluding carboxylic acids is 2. The van der Waals surface area contributed by atoms with Gasteiger partial charge < -0.3 is 19.8 Å². The number of hydrogen-bond acceptors (Lipinski definition) is 4. The van der Waals surface area contributed by atoms with Gasteiger partial charge in [-0.05, 0) is 57.1 Å². The van der Waals surface area contributed by atoms with Crippen molar-refractivity contribution in [3.63, 3.8) is 0 Å². The van der Waals surface area contributed by atoms with Crippen LogP contribution < -0.4 is 10.6 Å². The van der Waals surface area contributed by atoms with E-state index < -0.39 is 0 Å². The summed E-state index contributed by atoms with van der Waals surface area (Å²) in [6.45, 7) is 3.94. The SMILES string of the molecule is Cc1cc2cccc(C(=O)N[C@H]3CCC[C@@H](CNC(=O)C4CCOCC4)C3)c2o1.